The van der Waals surface area contributed by atoms with E-state index in [1.54, 1.807) is 0 Å². The van der Waals surface area contributed by atoms with Crippen LogP contribution in [-0.2, 0) is 0 Å². The van der Waals surface area contributed by atoms with Crippen LogP contribution in [0.25, 0.3) is 0 Å². The molecular weight excluding hydrogens is 196 g/mol. The fourth-order valence-electron chi connectivity index (χ4n) is 1.81. The van der Waals surface area contributed by atoms with Crippen LogP contribution in [0, 0.1) is 5.92 Å². The van der Waals surface area contributed by atoms with Crippen LogP contribution in [0.3, 0.4) is 0 Å². The fraction of sp³-hybridized carbons (Fsp3) is 0.571. The lowest BCUT2D eigenvalue weighted by Gasteiger charge is -2.18. The second-order valence-corrected chi connectivity index (χ2v) is 4.63. The molecule has 0 amide bonds. The second kappa shape index (κ2) is 6.54. The highest BCUT2D eigenvalue weighted by Gasteiger charge is 2.07. The Bertz CT molecular complexity index is 303. The zero-order valence-electron chi connectivity index (χ0n) is 10.7. The maximum absolute atomic E-state index is 5.71. The number of hydrogen-bond donors (Lipinski definition) is 2. The van der Waals surface area contributed by atoms with Crippen LogP contribution in [0.5, 0.6) is 0 Å². The fourth-order valence-corrected chi connectivity index (χ4v) is 1.81. The molecule has 0 aliphatic rings. The van der Waals surface area contributed by atoms with Gasteiger partial charge in [0.1, 0.15) is 0 Å². The van der Waals surface area contributed by atoms with E-state index in [1.165, 1.54) is 11.3 Å². The van der Waals surface area contributed by atoms with E-state index < -0.39 is 0 Å². The van der Waals surface area contributed by atoms with Crippen LogP contribution in [0.1, 0.15) is 38.7 Å². The van der Waals surface area contributed by atoms with Crippen LogP contribution in [0.2, 0.25) is 0 Å². The molecular formula is C14H24N2. The number of rotatable bonds is 6. The van der Waals surface area contributed by atoms with Crippen LogP contribution < -0.4 is 11.1 Å². The van der Waals surface area contributed by atoms with Crippen molar-refractivity contribution in [2.75, 3.05) is 18.4 Å². The number of hydrogen-bond acceptors (Lipinski definition) is 2. The van der Waals surface area contributed by atoms with Crippen molar-refractivity contribution in [3.63, 3.8) is 0 Å². The summed E-state index contributed by atoms with van der Waals surface area (Å²) in [4.78, 5) is 0. The number of nitrogens with one attached hydrogen (secondary N) is 1. The summed E-state index contributed by atoms with van der Waals surface area (Å²) in [5, 5.41) is 3.52. The minimum atomic E-state index is 0.557. The molecule has 16 heavy (non-hydrogen) atoms. The highest BCUT2D eigenvalue weighted by atomic mass is 14.9. The molecule has 0 saturated heterocycles. The van der Waals surface area contributed by atoms with E-state index >= 15 is 0 Å². The van der Waals surface area contributed by atoms with Crippen molar-refractivity contribution in [3.8, 4) is 0 Å². The van der Waals surface area contributed by atoms with Gasteiger partial charge in [0.25, 0.3) is 0 Å². The highest BCUT2D eigenvalue weighted by molar-refractivity contribution is 5.52. The number of para-hydroxylation sites is 1. The van der Waals surface area contributed by atoms with Crippen molar-refractivity contribution >= 4 is 5.69 Å². The number of nitrogens with two attached hydrogens (primary N) is 1. The van der Waals surface area contributed by atoms with E-state index in [1.807, 2.05) is 0 Å². The molecule has 0 aliphatic heterocycles. The quantitative estimate of drug-likeness (QED) is 0.772. The van der Waals surface area contributed by atoms with Crippen molar-refractivity contribution in [2.45, 2.75) is 33.1 Å². The Hall–Kier alpha value is -1.02. The maximum atomic E-state index is 5.71. The summed E-state index contributed by atoms with van der Waals surface area (Å²) >= 11 is 0. The molecule has 3 N–H and O–H groups in total. The third kappa shape index (κ3) is 3.53. The summed E-state index contributed by atoms with van der Waals surface area (Å²) in [5.74, 6) is 1.13. The summed E-state index contributed by atoms with van der Waals surface area (Å²) < 4.78 is 0. The Morgan fingerprint density at radius 1 is 1.25 bits per heavy atom. The average Bonchev–Trinajstić information content (AvgIpc) is 2.30. The lowest BCUT2D eigenvalue weighted by Crippen LogP contribution is -2.22. The largest absolute Gasteiger partial charge is 0.384 e. The Morgan fingerprint density at radius 2 is 1.94 bits per heavy atom. The van der Waals surface area contributed by atoms with Crippen LogP contribution in [0.15, 0.2) is 24.3 Å². The topological polar surface area (TPSA) is 38.0 Å². The van der Waals surface area contributed by atoms with Gasteiger partial charge in [0.15, 0.2) is 0 Å². The van der Waals surface area contributed by atoms with Crippen molar-refractivity contribution < 1.29 is 0 Å². The Morgan fingerprint density at radius 3 is 2.50 bits per heavy atom. The number of benzene rings is 1. The van der Waals surface area contributed by atoms with E-state index in [2.05, 4.69) is 50.4 Å². The normalized spacial score (nSPS) is 12.8. The van der Waals surface area contributed by atoms with Gasteiger partial charge in [-0.25, -0.2) is 0 Å². The minimum absolute atomic E-state index is 0.557. The molecule has 1 aromatic rings. The summed E-state index contributed by atoms with van der Waals surface area (Å²) in [6.07, 6.45) is 1.13. The van der Waals surface area contributed by atoms with Gasteiger partial charge in [-0.1, -0.05) is 45.4 Å². The first-order valence-electron chi connectivity index (χ1n) is 6.21. The maximum Gasteiger partial charge on any atom is 0.0375 e. The highest BCUT2D eigenvalue weighted by Crippen LogP contribution is 2.23. The second-order valence-electron chi connectivity index (χ2n) is 4.63. The van der Waals surface area contributed by atoms with Gasteiger partial charge in [0.2, 0.25) is 0 Å². The molecule has 90 valence electrons. The van der Waals surface area contributed by atoms with Crippen LogP contribution >= 0.6 is 0 Å². The lowest BCUT2D eigenvalue weighted by atomic mass is 10.0. The molecule has 1 rings (SSSR count). The molecule has 1 unspecified atom stereocenters. The van der Waals surface area contributed by atoms with Crippen LogP contribution in [-0.4, -0.2) is 13.1 Å². The van der Waals surface area contributed by atoms with Crippen molar-refractivity contribution in [1.29, 1.82) is 0 Å². The zero-order chi connectivity index (χ0) is 12.0. The smallest absolute Gasteiger partial charge is 0.0375 e. The summed E-state index contributed by atoms with van der Waals surface area (Å²) in [7, 11) is 0. The molecule has 1 atom stereocenters. The summed E-state index contributed by atoms with van der Waals surface area (Å²) in [6, 6.07) is 8.52. The molecule has 0 fully saturated rings. The molecule has 0 spiro atoms. The molecule has 0 heterocycles. The van der Waals surface area contributed by atoms with E-state index in [0.29, 0.717) is 11.8 Å². The average molecular weight is 220 g/mol. The Kier molecular flexibility index (Phi) is 5.33. The van der Waals surface area contributed by atoms with Gasteiger partial charge >= 0.3 is 0 Å². The number of anilines is 1. The molecule has 0 radical (unpaired) electrons. The van der Waals surface area contributed by atoms with E-state index in [-0.39, 0.29) is 0 Å². The molecule has 2 nitrogen and oxygen atoms in total. The standard InChI is InChI=1S/C14H24N2/c1-4-12(9-15)10-16-14-8-6-5-7-13(14)11(2)3/h5-8,11-12,16H,4,9-10,15H2,1-3H3. The molecule has 0 aliphatic carbocycles. The zero-order valence-corrected chi connectivity index (χ0v) is 10.7. The van der Waals surface area contributed by atoms with E-state index in [9.17, 15) is 0 Å². The van der Waals surface area contributed by atoms with Crippen LogP contribution in [0.4, 0.5) is 5.69 Å². The molecule has 2 heteroatoms. The predicted molar refractivity (Wildman–Crippen MR) is 71.9 cm³/mol. The first-order chi connectivity index (χ1) is 7.69. The first kappa shape index (κ1) is 13.0. The van der Waals surface area contributed by atoms with Gasteiger partial charge in [-0.15, -0.1) is 0 Å². The molecule has 0 saturated carbocycles. The molecule has 1 aromatic carbocycles. The molecule has 0 bridgehead atoms. The Balaban J connectivity index is 2.66. The van der Waals surface area contributed by atoms with Gasteiger partial charge in [0.05, 0.1) is 0 Å². The summed E-state index contributed by atoms with van der Waals surface area (Å²) in [5.41, 5.74) is 8.34. The van der Waals surface area contributed by atoms with E-state index in [0.717, 1.165) is 19.5 Å². The molecule has 0 aromatic heterocycles. The van der Waals surface area contributed by atoms with Crippen molar-refractivity contribution in [2.24, 2.45) is 11.7 Å². The van der Waals surface area contributed by atoms with Crippen molar-refractivity contribution in [3.05, 3.63) is 29.8 Å². The van der Waals surface area contributed by atoms with Crippen molar-refractivity contribution in [1.82, 2.24) is 0 Å². The van der Waals surface area contributed by atoms with Gasteiger partial charge in [-0.3, -0.25) is 0 Å². The van der Waals surface area contributed by atoms with E-state index in [4.69, 9.17) is 5.73 Å². The third-order valence-electron chi connectivity index (χ3n) is 3.07. The van der Waals surface area contributed by atoms with Gasteiger partial charge in [-0.2, -0.15) is 0 Å². The Labute approximate surface area is 99.2 Å². The lowest BCUT2D eigenvalue weighted by molar-refractivity contribution is 0.548. The van der Waals surface area contributed by atoms with Gasteiger partial charge in [-0.05, 0) is 30.0 Å². The van der Waals surface area contributed by atoms with Gasteiger partial charge < -0.3 is 11.1 Å². The van der Waals surface area contributed by atoms with Gasteiger partial charge in [0, 0.05) is 12.2 Å². The third-order valence-corrected chi connectivity index (χ3v) is 3.07. The first-order valence-corrected chi connectivity index (χ1v) is 6.21. The predicted octanol–water partition coefficient (Wildman–Crippen LogP) is 3.21. The minimum Gasteiger partial charge on any atom is -0.384 e. The SMILES string of the molecule is CCC(CN)CNc1ccccc1C(C)C. The monoisotopic (exact) mass is 220 g/mol. The summed E-state index contributed by atoms with van der Waals surface area (Å²) in [6.45, 7) is 8.36.